The van der Waals surface area contributed by atoms with Gasteiger partial charge in [0, 0.05) is 6.07 Å². The fourth-order valence-corrected chi connectivity index (χ4v) is 3.46. The van der Waals surface area contributed by atoms with Crippen molar-refractivity contribution < 1.29 is 27.1 Å². The van der Waals surface area contributed by atoms with Crippen molar-refractivity contribution in [3.05, 3.63) is 29.1 Å². The SMILES string of the molecule is CC(=O)c1cc(C2CC2)c(OCC2(C(F)(F)F)CCCC2)cc1F. The number of hydrogen-bond acceptors (Lipinski definition) is 2. The molecule has 0 radical (unpaired) electrons. The van der Waals surface area contributed by atoms with Crippen molar-refractivity contribution in [2.75, 3.05) is 6.61 Å². The summed E-state index contributed by atoms with van der Waals surface area (Å²) in [6.07, 6.45) is -1.44. The molecule has 0 aliphatic heterocycles. The van der Waals surface area contributed by atoms with Gasteiger partial charge in [0.25, 0.3) is 0 Å². The summed E-state index contributed by atoms with van der Waals surface area (Å²) >= 11 is 0. The van der Waals surface area contributed by atoms with Crippen LogP contribution in [0, 0.1) is 11.2 Å². The van der Waals surface area contributed by atoms with E-state index in [-0.39, 0.29) is 30.1 Å². The van der Waals surface area contributed by atoms with Crippen LogP contribution in [0.4, 0.5) is 17.6 Å². The van der Waals surface area contributed by atoms with E-state index in [0.29, 0.717) is 18.4 Å². The Labute approximate surface area is 138 Å². The Kier molecular flexibility index (Phi) is 4.34. The average Bonchev–Trinajstić information content (AvgIpc) is 3.21. The maximum Gasteiger partial charge on any atom is 0.397 e. The summed E-state index contributed by atoms with van der Waals surface area (Å²) < 4.78 is 59.9. The number of ether oxygens (including phenoxy) is 1. The zero-order valence-corrected chi connectivity index (χ0v) is 13.5. The van der Waals surface area contributed by atoms with Gasteiger partial charge < -0.3 is 4.74 Å². The molecule has 0 spiro atoms. The van der Waals surface area contributed by atoms with Gasteiger partial charge in [0.2, 0.25) is 0 Å². The van der Waals surface area contributed by atoms with Crippen molar-refractivity contribution in [3.8, 4) is 5.75 Å². The lowest BCUT2D eigenvalue weighted by Crippen LogP contribution is -2.40. The second-order valence-corrected chi connectivity index (χ2v) is 6.97. The molecule has 2 nitrogen and oxygen atoms in total. The minimum Gasteiger partial charge on any atom is -0.492 e. The van der Waals surface area contributed by atoms with Crippen molar-refractivity contribution in [3.63, 3.8) is 0 Å². The van der Waals surface area contributed by atoms with Gasteiger partial charge in [-0.2, -0.15) is 13.2 Å². The van der Waals surface area contributed by atoms with Crippen molar-refractivity contribution in [1.82, 2.24) is 0 Å². The molecule has 2 aliphatic carbocycles. The zero-order chi connectivity index (χ0) is 17.5. The second-order valence-electron chi connectivity index (χ2n) is 6.97. The van der Waals surface area contributed by atoms with Gasteiger partial charge >= 0.3 is 6.18 Å². The largest absolute Gasteiger partial charge is 0.492 e. The Bertz CT molecular complexity index is 641. The zero-order valence-electron chi connectivity index (χ0n) is 13.5. The first-order valence-corrected chi connectivity index (χ1v) is 8.27. The number of carbonyl (C=O) groups excluding carboxylic acids is 1. The molecule has 0 unspecified atom stereocenters. The fourth-order valence-electron chi connectivity index (χ4n) is 3.46. The van der Waals surface area contributed by atoms with E-state index in [4.69, 9.17) is 4.74 Å². The Morgan fingerprint density at radius 2 is 1.88 bits per heavy atom. The summed E-state index contributed by atoms with van der Waals surface area (Å²) in [5, 5.41) is 0. The number of benzene rings is 1. The maximum atomic E-state index is 14.1. The number of rotatable bonds is 5. The third kappa shape index (κ3) is 3.15. The Morgan fingerprint density at radius 1 is 1.25 bits per heavy atom. The second kappa shape index (κ2) is 6.05. The lowest BCUT2D eigenvalue weighted by atomic mass is 9.86. The molecule has 6 heteroatoms. The molecular weight excluding hydrogens is 324 g/mol. The highest BCUT2D eigenvalue weighted by Crippen LogP contribution is 2.51. The van der Waals surface area contributed by atoms with Crippen molar-refractivity contribution in [2.45, 2.75) is 57.5 Å². The van der Waals surface area contributed by atoms with Gasteiger partial charge in [-0.3, -0.25) is 4.79 Å². The van der Waals surface area contributed by atoms with Crippen LogP contribution in [0.15, 0.2) is 12.1 Å². The highest BCUT2D eigenvalue weighted by Gasteiger charge is 2.56. The summed E-state index contributed by atoms with van der Waals surface area (Å²) in [5.41, 5.74) is -1.23. The van der Waals surface area contributed by atoms with Gasteiger partial charge in [-0.05, 0) is 50.2 Å². The first-order chi connectivity index (χ1) is 11.2. The van der Waals surface area contributed by atoms with Crippen LogP contribution in [-0.4, -0.2) is 18.6 Å². The molecule has 0 heterocycles. The van der Waals surface area contributed by atoms with Gasteiger partial charge in [-0.1, -0.05) is 12.8 Å². The van der Waals surface area contributed by atoms with E-state index in [2.05, 4.69) is 0 Å². The standard InChI is InChI=1S/C18H20F4O2/c1-11(23)13-8-14(12-4-5-12)16(9-15(13)19)24-10-17(18(20,21)22)6-2-3-7-17/h8-9,12H,2-7,10H2,1H3. The van der Waals surface area contributed by atoms with Crippen LogP contribution in [0.2, 0.25) is 0 Å². The molecule has 0 N–H and O–H groups in total. The monoisotopic (exact) mass is 344 g/mol. The van der Waals surface area contributed by atoms with Crippen LogP contribution in [0.5, 0.6) is 5.75 Å². The molecule has 24 heavy (non-hydrogen) atoms. The molecule has 3 rings (SSSR count). The van der Waals surface area contributed by atoms with E-state index in [1.165, 1.54) is 13.0 Å². The van der Waals surface area contributed by atoms with Gasteiger partial charge in [-0.15, -0.1) is 0 Å². The molecule has 2 saturated carbocycles. The molecule has 0 saturated heterocycles. The predicted molar refractivity (Wildman–Crippen MR) is 80.8 cm³/mol. The van der Waals surface area contributed by atoms with Crippen LogP contribution < -0.4 is 4.74 Å². The summed E-state index contributed by atoms with van der Waals surface area (Å²) in [7, 11) is 0. The third-order valence-corrected chi connectivity index (χ3v) is 5.16. The summed E-state index contributed by atoms with van der Waals surface area (Å²) in [6, 6.07) is 2.52. The van der Waals surface area contributed by atoms with E-state index < -0.39 is 29.8 Å². The first kappa shape index (κ1) is 17.2. The minimum absolute atomic E-state index is 0.0318. The topological polar surface area (TPSA) is 26.3 Å². The van der Waals surface area contributed by atoms with Crippen LogP contribution >= 0.6 is 0 Å². The number of Topliss-reactive ketones (excluding diaryl/α,β-unsaturated/α-hetero) is 1. The highest BCUT2D eigenvalue weighted by atomic mass is 19.4. The Hall–Kier alpha value is -1.59. The van der Waals surface area contributed by atoms with E-state index in [0.717, 1.165) is 18.9 Å². The third-order valence-electron chi connectivity index (χ3n) is 5.16. The molecular formula is C18H20F4O2. The van der Waals surface area contributed by atoms with E-state index in [1.54, 1.807) is 0 Å². The molecule has 0 bridgehead atoms. The predicted octanol–water partition coefficient (Wildman–Crippen LogP) is 5.41. The highest BCUT2D eigenvalue weighted by molar-refractivity contribution is 5.94. The van der Waals surface area contributed by atoms with Crippen LogP contribution in [-0.2, 0) is 0 Å². The van der Waals surface area contributed by atoms with Crippen molar-refractivity contribution in [2.24, 2.45) is 5.41 Å². The van der Waals surface area contributed by atoms with Gasteiger partial charge in [0.1, 0.15) is 18.2 Å². The van der Waals surface area contributed by atoms with Crippen molar-refractivity contribution >= 4 is 5.78 Å². The smallest absolute Gasteiger partial charge is 0.397 e. The Morgan fingerprint density at radius 3 is 2.38 bits per heavy atom. The molecule has 0 aromatic heterocycles. The molecule has 2 fully saturated rings. The number of ketones is 1. The molecule has 0 amide bonds. The first-order valence-electron chi connectivity index (χ1n) is 8.27. The summed E-state index contributed by atoms with van der Waals surface area (Å²) in [5.74, 6) is -0.850. The number of carbonyl (C=O) groups is 1. The van der Waals surface area contributed by atoms with Gasteiger partial charge in [0.15, 0.2) is 5.78 Å². The number of hydrogen-bond donors (Lipinski definition) is 0. The van der Waals surface area contributed by atoms with E-state index >= 15 is 0 Å². The minimum atomic E-state index is -4.33. The quantitative estimate of drug-likeness (QED) is 0.527. The van der Waals surface area contributed by atoms with E-state index in [1.807, 2.05) is 0 Å². The summed E-state index contributed by atoms with van der Waals surface area (Å²) in [6.45, 7) is 0.780. The van der Waals surface area contributed by atoms with Crippen LogP contribution in [0.25, 0.3) is 0 Å². The van der Waals surface area contributed by atoms with Crippen molar-refractivity contribution in [1.29, 1.82) is 0 Å². The molecule has 2 aliphatic rings. The van der Waals surface area contributed by atoms with E-state index in [9.17, 15) is 22.4 Å². The normalized spacial score (nSPS) is 20.2. The maximum absolute atomic E-state index is 14.1. The Balaban J connectivity index is 1.87. The molecule has 1 aromatic carbocycles. The fraction of sp³-hybridized carbons (Fsp3) is 0.611. The lowest BCUT2D eigenvalue weighted by Gasteiger charge is -2.31. The van der Waals surface area contributed by atoms with Crippen LogP contribution in [0.1, 0.15) is 67.3 Å². The molecule has 132 valence electrons. The lowest BCUT2D eigenvalue weighted by molar-refractivity contribution is -0.230. The van der Waals surface area contributed by atoms with Crippen LogP contribution in [0.3, 0.4) is 0 Å². The average molecular weight is 344 g/mol. The molecule has 1 aromatic rings. The number of alkyl halides is 3. The summed E-state index contributed by atoms with van der Waals surface area (Å²) in [4.78, 5) is 11.5. The number of halogens is 4. The van der Waals surface area contributed by atoms with Gasteiger partial charge in [-0.25, -0.2) is 4.39 Å². The van der Waals surface area contributed by atoms with Gasteiger partial charge in [0.05, 0.1) is 11.0 Å². The molecule has 0 atom stereocenters.